The minimum absolute atomic E-state index is 0.0659. The van der Waals surface area contributed by atoms with Crippen molar-refractivity contribution in [3.8, 4) is 0 Å². The number of para-hydroxylation sites is 2. The van der Waals surface area contributed by atoms with Crippen molar-refractivity contribution >= 4 is 46.1 Å². The van der Waals surface area contributed by atoms with Crippen molar-refractivity contribution in [2.75, 3.05) is 16.5 Å². The summed E-state index contributed by atoms with van der Waals surface area (Å²) in [5.41, 5.74) is 3.01. The molecule has 0 saturated heterocycles. The predicted octanol–water partition coefficient (Wildman–Crippen LogP) is 6.74. The Morgan fingerprint density at radius 3 is 2.00 bits per heavy atom. The van der Waals surface area contributed by atoms with Crippen molar-refractivity contribution in [3.05, 3.63) is 95.9 Å². The van der Waals surface area contributed by atoms with Crippen molar-refractivity contribution < 1.29 is 4.79 Å². The quantitative estimate of drug-likeness (QED) is 0.175. The lowest BCUT2D eigenvalue weighted by molar-refractivity contribution is -0.114. The van der Waals surface area contributed by atoms with E-state index in [1.807, 2.05) is 67.6 Å². The fraction of sp³-hybridized carbons (Fsp3) is 0.167. The molecule has 0 saturated carbocycles. The number of aliphatic imine (C=N–C) groups is 1. The van der Waals surface area contributed by atoms with Crippen molar-refractivity contribution in [2.24, 2.45) is 4.99 Å². The molecule has 30 heavy (non-hydrogen) atoms. The van der Waals surface area contributed by atoms with Crippen molar-refractivity contribution in [3.63, 3.8) is 0 Å². The molecular weight excluding hydrogens is 417 g/mol. The summed E-state index contributed by atoms with van der Waals surface area (Å²) in [6, 6.07) is 19.2. The molecule has 0 amide bonds. The average Bonchev–Trinajstić information content (AvgIpc) is 2.77. The van der Waals surface area contributed by atoms with Gasteiger partial charge < -0.3 is 10.6 Å². The number of carbonyl (C=O) groups excluding carboxylic acids is 1. The minimum Gasteiger partial charge on any atom is -0.342 e. The molecule has 0 aliphatic carbocycles. The predicted molar refractivity (Wildman–Crippen MR) is 129 cm³/mol. The van der Waals surface area contributed by atoms with Gasteiger partial charge in [0.25, 0.3) is 0 Å². The van der Waals surface area contributed by atoms with Gasteiger partial charge in [-0.1, -0.05) is 61.5 Å². The van der Waals surface area contributed by atoms with Gasteiger partial charge in [-0.15, -0.1) is 11.6 Å². The molecular formula is C24H25Cl2N3O. The third-order valence-electron chi connectivity index (χ3n) is 4.09. The highest BCUT2D eigenvalue weighted by atomic mass is 35.5. The van der Waals surface area contributed by atoms with Gasteiger partial charge in [0.05, 0.1) is 0 Å². The highest BCUT2D eigenvalue weighted by molar-refractivity contribution is 6.32. The summed E-state index contributed by atoms with van der Waals surface area (Å²) in [5, 5.41) is 6.70. The maximum absolute atomic E-state index is 12.8. The van der Waals surface area contributed by atoms with Crippen LogP contribution in [0.15, 0.2) is 101 Å². The topological polar surface area (TPSA) is 53.5 Å². The van der Waals surface area contributed by atoms with Gasteiger partial charge >= 0.3 is 0 Å². The standard InChI is InChI=1S/C24H25Cl2N3O/c1-3-19(4-2)29-24(26)18(17-25)15-22(30)16-23(27-20-11-7-5-8-12-20)28-21-13-9-6-10-14-21/h3,5-14,16,27-28H,1,4,15,17H2,2H3/b24-18-,29-19+. The van der Waals surface area contributed by atoms with E-state index in [2.05, 4.69) is 22.2 Å². The van der Waals surface area contributed by atoms with E-state index in [1.165, 1.54) is 6.08 Å². The number of hydrogen-bond acceptors (Lipinski definition) is 4. The van der Waals surface area contributed by atoms with Gasteiger partial charge in [-0.2, -0.15) is 0 Å². The van der Waals surface area contributed by atoms with Gasteiger partial charge in [-0.3, -0.25) is 4.79 Å². The van der Waals surface area contributed by atoms with E-state index < -0.39 is 0 Å². The first kappa shape index (κ1) is 23.5. The number of ketones is 1. The largest absolute Gasteiger partial charge is 0.342 e. The number of nitrogens with one attached hydrogen (secondary N) is 2. The van der Waals surface area contributed by atoms with E-state index in [4.69, 9.17) is 23.2 Å². The van der Waals surface area contributed by atoms with Crippen LogP contribution in [0, 0.1) is 0 Å². The van der Waals surface area contributed by atoms with E-state index in [9.17, 15) is 4.79 Å². The molecule has 0 aliphatic heterocycles. The molecule has 0 radical (unpaired) electrons. The van der Waals surface area contributed by atoms with Crippen LogP contribution in [0.5, 0.6) is 0 Å². The van der Waals surface area contributed by atoms with Gasteiger partial charge in [-0.05, 0) is 42.3 Å². The minimum atomic E-state index is -0.155. The molecule has 0 atom stereocenters. The smallest absolute Gasteiger partial charge is 0.163 e. The summed E-state index contributed by atoms with van der Waals surface area (Å²) in [5.74, 6) is 0.507. The molecule has 2 aromatic carbocycles. The van der Waals surface area contributed by atoms with Gasteiger partial charge in [0.2, 0.25) is 0 Å². The Kier molecular flexibility index (Phi) is 9.92. The SMILES string of the molecule is C=C/C(CC)=N\C(Cl)=C(/CCl)CC(=O)C=C(Nc1ccccc1)Nc1ccccc1. The number of allylic oxidation sites excluding steroid dienone is 3. The molecule has 0 bridgehead atoms. The normalized spacial score (nSPS) is 11.9. The molecule has 0 aromatic heterocycles. The zero-order chi connectivity index (χ0) is 21.8. The molecule has 0 unspecified atom stereocenters. The molecule has 0 heterocycles. The Morgan fingerprint density at radius 1 is 1.03 bits per heavy atom. The van der Waals surface area contributed by atoms with Crippen molar-refractivity contribution in [1.82, 2.24) is 0 Å². The number of nitrogens with zero attached hydrogens (tertiary/aromatic N) is 1. The highest BCUT2D eigenvalue weighted by Gasteiger charge is 2.11. The molecule has 4 nitrogen and oxygen atoms in total. The second-order valence-corrected chi connectivity index (χ2v) is 7.00. The second-order valence-electron chi connectivity index (χ2n) is 6.37. The Balaban J connectivity index is 2.25. The summed E-state index contributed by atoms with van der Waals surface area (Å²) >= 11 is 12.3. The highest BCUT2D eigenvalue weighted by Crippen LogP contribution is 2.19. The van der Waals surface area contributed by atoms with Crippen LogP contribution in [0.3, 0.4) is 0 Å². The first-order chi connectivity index (χ1) is 14.5. The van der Waals surface area contributed by atoms with Crippen LogP contribution in [0.25, 0.3) is 0 Å². The van der Waals surface area contributed by atoms with E-state index in [0.717, 1.165) is 17.1 Å². The monoisotopic (exact) mass is 441 g/mol. The second kappa shape index (κ2) is 12.7. The maximum atomic E-state index is 12.8. The van der Waals surface area contributed by atoms with E-state index in [-0.39, 0.29) is 23.2 Å². The number of carbonyl (C=O) groups is 1. The first-order valence-electron chi connectivity index (χ1n) is 9.57. The van der Waals surface area contributed by atoms with Gasteiger partial charge in [-0.25, -0.2) is 4.99 Å². The van der Waals surface area contributed by atoms with E-state index in [1.54, 1.807) is 6.08 Å². The zero-order valence-electron chi connectivity index (χ0n) is 16.9. The van der Waals surface area contributed by atoms with E-state index >= 15 is 0 Å². The van der Waals surface area contributed by atoms with Gasteiger partial charge in [0.15, 0.2) is 5.78 Å². The maximum Gasteiger partial charge on any atom is 0.163 e. The lowest BCUT2D eigenvalue weighted by Crippen LogP contribution is -2.12. The lowest BCUT2D eigenvalue weighted by Gasteiger charge is -2.14. The molecule has 2 aromatic rings. The summed E-state index contributed by atoms with van der Waals surface area (Å²) in [6.45, 7) is 5.67. The summed E-state index contributed by atoms with van der Waals surface area (Å²) in [4.78, 5) is 17.1. The molecule has 2 rings (SSSR count). The van der Waals surface area contributed by atoms with Crippen LogP contribution in [0.2, 0.25) is 0 Å². The van der Waals surface area contributed by atoms with Crippen LogP contribution in [0.1, 0.15) is 19.8 Å². The Morgan fingerprint density at radius 2 is 1.57 bits per heavy atom. The Hall–Kier alpha value is -2.82. The molecule has 0 aliphatic rings. The molecule has 2 N–H and O–H groups in total. The van der Waals surface area contributed by atoms with Crippen LogP contribution < -0.4 is 10.6 Å². The Bertz CT molecular complexity index is 892. The number of alkyl halides is 1. The van der Waals surface area contributed by atoms with Crippen LogP contribution in [-0.4, -0.2) is 17.4 Å². The summed E-state index contributed by atoms with van der Waals surface area (Å²) in [7, 11) is 0. The number of hydrogen-bond donors (Lipinski definition) is 2. The van der Waals surface area contributed by atoms with Crippen molar-refractivity contribution in [2.45, 2.75) is 19.8 Å². The fourth-order valence-electron chi connectivity index (χ4n) is 2.53. The average molecular weight is 442 g/mol. The van der Waals surface area contributed by atoms with E-state index in [0.29, 0.717) is 17.8 Å². The Labute approximate surface area is 188 Å². The number of rotatable bonds is 11. The van der Waals surface area contributed by atoms with Gasteiger partial charge in [0.1, 0.15) is 11.0 Å². The van der Waals surface area contributed by atoms with Crippen LogP contribution >= 0.6 is 23.2 Å². The van der Waals surface area contributed by atoms with Gasteiger partial charge in [0, 0.05) is 35.5 Å². The number of benzene rings is 2. The van der Waals surface area contributed by atoms with Crippen LogP contribution in [0.4, 0.5) is 11.4 Å². The lowest BCUT2D eigenvalue weighted by atomic mass is 10.1. The fourth-order valence-corrected chi connectivity index (χ4v) is 3.06. The third kappa shape index (κ3) is 7.90. The van der Waals surface area contributed by atoms with Crippen molar-refractivity contribution in [1.29, 1.82) is 0 Å². The molecule has 6 heteroatoms. The third-order valence-corrected chi connectivity index (χ3v) is 4.77. The number of halogens is 2. The molecule has 0 spiro atoms. The summed E-state index contributed by atoms with van der Waals surface area (Å²) in [6.07, 6.45) is 3.90. The van der Waals surface area contributed by atoms with Crippen LogP contribution in [-0.2, 0) is 4.79 Å². The number of anilines is 2. The first-order valence-corrected chi connectivity index (χ1v) is 10.5. The zero-order valence-corrected chi connectivity index (χ0v) is 18.4. The molecule has 0 fully saturated rings. The molecule has 156 valence electrons. The summed E-state index contributed by atoms with van der Waals surface area (Å²) < 4.78 is 0.